The van der Waals surface area contributed by atoms with Crippen LogP contribution in [0.1, 0.15) is 11.1 Å². The summed E-state index contributed by atoms with van der Waals surface area (Å²) in [5.41, 5.74) is 2.13. The first-order valence-corrected chi connectivity index (χ1v) is 9.24. The van der Waals surface area contributed by atoms with E-state index in [4.69, 9.17) is 9.47 Å². The van der Waals surface area contributed by atoms with E-state index in [1.54, 1.807) is 31.3 Å². The second-order valence-corrected chi connectivity index (χ2v) is 6.60. The van der Waals surface area contributed by atoms with Crippen molar-refractivity contribution in [2.75, 3.05) is 27.8 Å². The molecule has 0 aliphatic rings. The predicted molar refractivity (Wildman–Crippen MR) is 114 cm³/mol. The van der Waals surface area contributed by atoms with Gasteiger partial charge in [-0.1, -0.05) is 48.5 Å². The highest BCUT2D eigenvalue weighted by Crippen LogP contribution is 2.28. The number of rotatable bonds is 7. The van der Waals surface area contributed by atoms with E-state index in [2.05, 4.69) is 30.3 Å². The number of hydrogen-bond acceptors (Lipinski definition) is 3. The zero-order valence-electron chi connectivity index (χ0n) is 16.5. The maximum absolute atomic E-state index is 12.5. The lowest BCUT2D eigenvalue weighted by molar-refractivity contribution is -0.124. The molecule has 4 heteroatoms. The van der Waals surface area contributed by atoms with Crippen LogP contribution in [-0.2, 0) is 11.2 Å². The number of likely N-dealkylation sites (N-methyl/N-ethyl adjacent to an activating group) is 1. The Morgan fingerprint density at radius 2 is 1.71 bits per heavy atom. The molecule has 0 saturated carbocycles. The Hall–Kier alpha value is -3.27. The number of hydrogen-bond donors (Lipinski definition) is 0. The Bertz CT molecular complexity index is 989. The van der Waals surface area contributed by atoms with Crippen molar-refractivity contribution in [3.63, 3.8) is 0 Å². The van der Waals surface area contributed by atoms with E-state index in [0.29, 0.717) is 18.0 Å². The summed E-state index contributed by atoms with van der Waals surface area (Å²) in [5.74, 6) is 1.27. The highest BCUT2D eigenvalue weighted by Gasteiger charge is 2.08. The van der Waals surface area contributed by atoms with Gasteiger partial charge in [0.1, 0.15) is 0 Å². The van der Waals surface area contributed by atoms with E-state index >= 15 is 0 Å². The standard InChI is InChI=1S/C24H25NO3/c1-25(16-15-20-9-6-8-19-7-4-5-10-21(19)20)24(26)14-12-18-11-13-22(27-2)23(17-18)28-3/h4-14,17H,15-16H2,1-3H3. The van der Waals surface area contributed by atoms with Gasteiger partial charge in [-0.15, -0.1) is 0 Å². The van der Waals surface area contributed by atoms with Crippen molar-refractivity contribution in [2.45, 2.75) is 6.42 Å². The monoisotopic (exact) mass is 375 g/mol. The summed E-state index contributed by atoms with van der Waals surface area (Å²) >= 11 is 0. The Labute approximate surface area is 166 Å². The van der Waals surface area contributed by atoms with Gasteiger partial charge in [0.15, 0.2) is 11.5 Å². The summed E-state index contributed by atoms with van der Waals surface area (Å²) in [4.78, 5) is 14.2. The Morgan fingerprint density at radius 3 is 2.50 bits per heavy atom. The van der Waals surface area contributed by atoms with Gasteiger partial charge in [-0.3, -0.25) is 4.79 Å². The van der Waals surface area contributed by atoms with Crippen LogP contribution in [0.5, 0.6) is 11.5 Å². The molecule has 0 spiro atoms. The van der Waals surface area contributed by atoms with Gasteiger partial charge < -0.3 is 14.4 Å². The Kier molecular flexibility index (Phi) is 6.33. The van der Waals surface area contributed by atoms with Crippen LogP contribution in [0.25, 0.3) is 16.8 Å². The van der Waals surface area contributed by atoms with Crippen LogP contribution in [0.15, 0.2) is 66.7 Å². The molecule has 0 fully saturated rings. The molecule has 1 amide bonds. The molecule has 0 N–H and O–H groups in total. The number of carbonyl (C=O) groups is 1. The summed E-state index contributed by atoms with van der Waals surface area (Å²) in [5, 5.41) is 2.47. The molecule has 0 radical (unpaired) electrons. The molecule has 3 aromatic carbocycles. The van der Waals surface area contributed by atoms with Crippen LogP contribution in [0.2, 0.25) is 0 Å². The first kappa shape index (κ1) is 19.5. The van der Waals surface area contributed by atoms with Gasteiger partial charge in [0, 0.05) is 19.7 Å². The highest BCUT2D eigenvalue weighted by atomic mass is 16.5. The molecule has 4 nitrogen and oxygen atoms in total. The van der Waals surface area contributed by atoms with Crippen molar-refractivity contribution in [3.05, 3.63) is 77.9 Å². The number of nitrogens with zero attached hydrogens (tertiary/aromatic N) is 1. The van der Waals surface area contributed by atoms with Crippen LogP contribution in [0.4, 0.5) is 0 Å². The van der Waals surface area contributed by atoms with Crippen molar-refractivity contribution in [3.8, 4) is 11.5 Å². The van der Waals surface area contributed by atoms with Gasteiger partial charge in [-0.25, -0.2) is 0 Å². The SMILES string of the molecule is COc1ccc(C=CC(=O)N(C)CCc2cccc3ccccc23)cc1OC. The minimum atomic E-state index is -0.0324. The molecule has 0 unspecified atom stereocenters. The van der Waals surface area contributed by atoms with Crippen molar-refractivity contribution in [1.82, 2.24) is 4.90 Å². The number of methoxy groups -OCH3 is 2. The number of carbonyl (C=O) groups excluding carboxylic acids is 1. The summed E-state index contributed by atoms with van der Waals surface area (Å²) in [6.07, 6.45) is 4.19. The second kappa shape index (κ2) is 9.09. The van der Waals surface area contributed by atoms with Gasteiger partial charge in [0.2, 0.25) is 5.91 Å². The molecule has 144 valence electrons. The van der Waals surface area contributed by atoms with E-state index in [1.165, 1.54) is 16.3 Å². The van der Waals surface area contributed by atoms with E-state index < -0.39 is 0 Å². The first-order chi connectivity index (χ1) is 13.6. The van der Waals surface area contributed by atoms with Crippen LogP contribution >= 0.6 is 0 Å². The van der Waals surface area contributed by atoms with Gasteiger partial charge in [-0.2, -0.15) is 0 Å². The average molecular weight is 375 g/mol. The smallest absolute Gasteiger partial charge is 0.246 e. The number of fused-ring (bicyclic) bond motifs is 1. The second-order valence-electron chi connectivity index (χ2n) is 6.60. The van der Waals surface area contributed by atoms with Crippen LogP contribution in [-0.4, -0.2) is 38.6 Å². The van der Waals surface area contributed by atoms with E-state index in [1.807, 2.05) is 37.4 Å². The topological polar surface area (TPSA) is 38.8 Å². The molecule has 0 atom stereocenters. The maximum Gasteiger partial charge on any atom is 0.246 e. The first-order valence-electron chi connectivity index (χ1n) is 9.24. The molecule has 0 saturated heterocycles. The lowest BCUT2D eigenvalue weighted by Crippen LogP contribution is -2.27. The molecule has 3 aromatic rings. The number of benzene rings is 3. The fourth-order valence-corrected chi connectivity index (χ4v) is 3.16. The fourth-order valence-electron chi connectivity index (χ4n) is 3.16. The quantitative estimate of drug-likeness (QED) is 0.568. The average Bonchev–Trinajstić information content (AvgIpc) is 2.75. The third-order valence-corrected chi connectivity index (χ3v) is 4.80. The van der Waals surface area contributed by atoms with Crippen LogP contribution in [0.3, 0.4) is 0 Å². The van der Waals surface area contributed by atoms with E-state index in [9.17, 15) is 4.79 Å². The number of ether oxygens (including phenoxy) is 2. The molecule has 3 rings (SSSR count). The predicted octanol–water partition coefficient (Wildman–Crippen LogP) is 4.57. The maximum atomic E-state index is 12.5. The van der Waals surface area contributed by atoms with Crippen LogP contribution in [0, 0.1) is 0 Å². The molecular weight excluding hydrogens is 350 g/mol. The highest BCUT2D eigenvalue weighted by molar-refractivity contribution is 5.92. The van der Waals surface area contributed by atoms with Gasteiger partial charge >= 0.3 is 0 Å². The molecule has 28 heavy (non-hydrogen) atoms. The normalized spacial score (nSPS) is 11.0. The molecule has 0 aromatic heterocycles. The largest absolute Gasteiger partial charge is 0.493 e. The summed E-state index contributed by atoms with van der Waals surface area (Å²) in [6, 6.07) is 20.2. The summed E-state index contributed by atoms with van der Waals surface area (Å²) in [6.45, 7) is 0.656. The van der Waals surface area contributed by atoms with Crippen molar-refractivity contribution >= 4 is 22.8 Å². The van der Waals surface area contributed by atoms with Crippen molar-refractivity contribution < 1.29 is 14.3 Å². The van der Waals surface area contributed by atoms with Crippen LogP contribution < -0.4 is 9.47 Å². The third kappa shape index (κ3) is 4.52. The van der Waals surface area contributed by atoms with E-state index in [0.717, 1.165) is 12.0 Å². The lowest BCUT2D eigenvalue weighted by atomic mass is 10.0. The molecule has 0 aliphatic heterocycles. The van der Waals surface area contributed by atoms with Gasteiger partial charge in [0.25, 0.3) is 0 Å². The number of amides is 1. The third-order valence-electron chi connectivity index (χ3n) is 4.80. The fraction of sp³-hybridized carbons (Fsp3) is 0.208. The van der Waals surface area contributed by atoms with E-state index in [-0.39, 0.29) is 5.91 Å². The minimum absolute atomic E-state index is 0.0324. The lowest BCUT2D eigenvalue weighted by Gasteiger charge is -2.16. The Balaban J connectivity index is 1.64. The van der Waals surface area contributed by atoms with Gasteiger partial charge in [-0.05, 0) is 46.5 Å². The van der Waals surface area contributed by atoms with Crippen molar-refractivity contribution in [1.29, 1.82) is 0 Å². The molecule has 0 aliphatic carbocycles. The van der Waals surface area contributed by atoms with Crippen molar-refractivity contribution in [2.24, 2.45) is 0 Å². The molecule has 0 bridgehead atoms. The summed E-state index contributed by atoms with van der Waals surface area (Å²) in [7, 11) is 5.02. The zero-order chi connectivity index (χ0) is 19.9. The zero-order valence-corrected chi connectivity index (χ0v) is 16.5. The molecular formula is C24H25NO3. The summed E-state index contributed by atoms with van der Waals surface area (Å²) < 4.78 is 10.5. The minimum Gasteiger partial charge on any atom is -0.493 e. The van der Waals surface area contributed by atoms with Gasteiger partial charge in [0.05, 0.1) is 14.2 Å². The molecule has 0 heterocycles. The Morgan fingerprint density at radius 1 is 0.964 bits per heavy atom.